The van der Waals surface area contributed by atoms with Crippen LogP contribution in [0.3, 0.4) is 0 Å². The van der Waals surface area contributed by atoms with Crippen LogP contribution >= 0.6 is 0 Å². The van der Waals surface area contributed by atoms with Crippen molar-refractivity contribution in [1.29, 1.82) is 0 Å². The van der Waals surface area contributed by atoms with Crippen LogP contribution in [0.2, 0.25) is 0 Å². The molecule has 1 fully saturated rings. The third-order valence-corrected chi connectivity index (χ3v) is 7.94. The van der Waals surface area contributed by atoms with Gasteiger partial charge in [0.1, 0.15) is 17.8 Å². The van der Waals surface area contributed by atoms with E-state index in [0.29, 0.717) is 29.4 Å². The maximum atomic E-state index is 10.8. The molecule has 1 aromatic carbocycles. The summed E-state index contributed by atoms with van der Waals surface area (Å²) in [7, 11) is 1.51. The van der Waals surface area contributed by atoms with E-state index in [2.05, 4.69) is 79.4 Å². The third-order valence-electron chi connectivity index (χ3n) is 7.94. The summed E-state index contributed by atoms with van der Waals surface area (Å²) in [5.41, 5.74) is 1.24. The second kappa shape index (κ2) is 42.1. The fraction of sp³-hybridized carbons (Fsp3) is 0.778. The van der Waals surface area contributed by atoms with Gasteiger partial charge in [-0.3, -0.25) is 4.79 Å². The highest BCUT2D eigenvalue weighted by atomic mass is 16.5. The Hall–Kier alpha value is -2.34. The monoisotopic (exact) mass is 726 g/mol. The van der Waals surface area contributed by atoms with Crippen LogP contribution in [0.1, 0.15) is 176 Å². The van der Waals surface area contributed by atoms with Gasteiger partial charge in [0.15, 0.2) is 5.88 Å². The molecule has 0 radical (unpaired) electrons. The quantitative estimate of drug-likeness (QED) is 0.156. The Morgan fingerprint density at radius 2 is 1.43 bits per heavy atom. The number of aliphatic hydroxyl groups excluding tert-OH is 1. The summed E-state index contributed by atoms with van der Waals surface area (Å²) in [6, 6.07) is 8.05. The van der Waals surface area contributed by atoms with Crippen molar-refractivity contribution in [2.75, 3.05) is 13.7 Å². The second-order valence-corrected chi connectivity index (χ2v) is 13.3. The van der Waals surface area contributed by atoms with Gasteiger partial charge in [-0.25, -0.2) is 0 Å². The Morgan fingerprint density at radius 3 is 1.69 bits per heavy atom. The van der Waals surface area contributed by atoms with Crippen molar-refractivity contribution in [1.82, 2.24) is 5.32 Å². The number of benzene rings is 1. The predicted molar refractivity (Wildman–Crippen MR) is 228 cm³/mol. The summed E-state index contributed by atoms with van der Waals surface area (Å²) >= 11 is 0. The first-order valence-corrected chi connectivity index (χ1v) is 20.4. The third kappa shape index (κ3) is 35.8. The van der Waals surface area contributed by atoms with Gasteiger partial charge in [-0.15, -0.1) is 0 Å². The molecule has 1 aliphatic rings. The normalized spacial score (nSPS) is 16.6. The van der Waals surface area contributed by atoms with Gasteiger partial charge in [0.2, 0.25) is 0 Å². The smallest absolute Gasteiger partial charge is 0.179 e. The minimum absolute atomic E-state index is 0.0788. The Balaban J connectivity index is -0.000000123. The first kappa shape index (κ1) is 60.7. The lowest BCUT2D eigenvalue weighted by atomic mass is 9.65. The summed E-state index contributed by atoms with van der Waals surface area (Å²) in [6.45, 7) is 43.2. The van der Waals surface area contributed by atoms with E-state index in [-0.39, 0.29) is 17.6 Å². The predicted octanol–water partition coefficient (Wildman–Crippen LogP) is 12.9. The number of methoxy groups -OCH3 is 1. The van der Waals surface area contributed by atoms with Crippen LogP contribution in [0, 0.1) is 29.1 Å². The number of aryl methyl sites for hydroxylation is 1. The molecule has 0 amide bonds. The fourth-order valence-corrected chi connectivity index (χ4v) is 4.35. The topological polar surface area (TPSA) is 84.9 Å². The molecule has 2 rings (SSSR count). The molecule has 2 N–H and O–H groups in total. The molecular formula is C45H91NO5. The van der Waals surface area contributed by atoms with Crippen LogP contribution in [-0.2, 0) is 20.7 Å². The van der Waals surface area contributed by atoms with Crippen molar-refractivity contribution < 1.29 is 24.2 Å². The maximum absolute atomic E-state index is 10.8. The van der Waals surface area contributed by atoms with Crippen molar-refractivity contribution in [2.45, 2.75) is 189 Å². The average molecular weight is 726 g/mol. The second-order valence-electron chi connectivity index (χ2n) is 13.3. The molecule has 306 valence electrons. The molecule has 0 bridgehead atoms. The van der Waals surface area contributed by atoms with Crippen LogP contribution in [0.15, 0.2) is 36.7 Å². The van der Waals surface area contributed by atoms with Gasteiger partial charge in [0.05, 0.1) is 25.9 Å². The summed E-state index contributed by atoms with van der Waals surface area (Å²) in [4.78, 5) is 21.4. The van der Waals surface area contributed by atoms with E-state index in [0.717, 1.165) is 56.7 Å². The van der Waals surface area contributed by atoms with Crippen molar-refractivity contribution >= 4 is 12.1 Å². The van der Waals surface area contributed by atoms with Gasteiger partial charge in [-0.05, 0) is 86.5 Å². The first-order valence-electron chi connectivity index (χ1n) is 20.4. The van der Waals surface area contributed by atoms with Gasteiger partial charge >= 0.3 is 0 Å². The molecular weight excluding hydrogens is 634 g/mol. The molecule has 0 aromatic heterocycles. The molecule has 0 aliphatic heterocycles. The zero-order valence-electron chi connectivity index (χ0n) is 37.8. The van der Waals surface area contributed by atoms with Crippen molar-refractivity contribution in [3.05, 3.63) is 42.3 Å². The highest BCUT2D eigenvalue weighted by Crippen LogP contribution is 2.39. The van der Waals surface area contributed by atoms with Crippen molar-refractivity contribution in [3.8, 4) is 5.75 Å². The summed E-state index contributed by atoms with van der Waals surface area (Å²) in [6.07, 6.45) is 8.53. The number of nitrogens with one attached hydrogen (secondary N) is 1. The molecule has 0 spiro atoms. The molecule has 0 saturated heterocycles. The van der Waals surface area contributed by atoms with Gasteiger partial charge in [0.25, 0.3) is 0 Å². The molecule has 6 heteroatoms. The molecule has 5 unspecified atom stereocenters. The number of aliphatic hydroxyl groups is 1. The lowest BCUT2D eigenvalue weighted by molar-refractivity contribution is -0.127. The first-order chi connectivity index (χ1) is 24.0. The SMILES string of the molecule is C=C(NC(C=O)C(C)(C)C)OC.CC.CC.CC.CC(=O)C1CC(C)C1C.CCC.CCCOc1ccc(CC)cc1.CCC[C@@H](C)C(O)CC. The number of Topliss-reactive ketones (excluding diaryl/α,β-unsaturated/α-hetero) is 1. The molecule has 51 heavy (non-hydrogen) atoms. The van der Waals surface area contributed by atoms with Gasteiger partial charge in [-0.2, -0.15) is 0 Å². The van der Waals surface area contributed by atoms with E-state index in [4.69, 9.17) is 9.47 Å². The Morgan fingerprint density at radius 1 is 0.961 bits per heavy atom. The summed E-state index contributed by atoms with van der Waals surface area (Å²) < 4.78 is 10.3. The number of carbonyl (C=O) groups excluding carboxylic acids is 2. The van der Waals surface area contributed by atoms with Gasteiger partial charge < -0.3 is 24.7 Å². The molecule has 1 aliphatic carbocycles. The van der Waals surface area contributed by atoms with Crippen LogP contribution < -0.4 is 10.1 Å². The van der Waals surface area contributed by atoms with E-state index in [1.165, 1.54) is 25.5 Å². The van der Waals surface area contributed by atoms with Crippen LogP contribution in [0.5, 0.6) is 5.75 Å². The summed E-state index contributed by atoms with van der Waals surface area (Å²) in [5, 5.41) is 12.1. The van der Waals surface area contributed by atoms with Crippen molar-refractivity contribution in [3.63, 3.8) is 0 Å². The minimum Gasteiger partial charge on any atom is -0.494 e. The number of aldehydes is 1. The van der Waals surface area contributed by atoms with Crippen LogP contribution in [-0.4, -0.2) is 43.0 Å². The number of ether oxygens (including phenoxy) is 2. The van der Waals surface area contributed by atoms with Crippen LogP contribution in [0.4, 0.5) is 0 Å². The standard InChI is InChI=1S/C11H16O.C9H17NO2.C8H14O.C8H18O.C3H8.3C2H6/c1-3-9-12-11-7-5-10(4-2)6-8-11;1-7(12-5)10-8(6-11)9(2,3)4;1-5-4-8(6(5)2)7(3)9;1-4-6-7(3)8(9)5-2;1-3-2;3*1-2/h5-8H,3-4,9H2,1-2H3;6,8,10H,1H2,2-5H3;5-6,8H,4H2,1-3H3;7-9H,4-6H2,1-3H3;3H2,1-2H3;3*1-2H3/t;;;7-,8?;;;;/m...1..../s1. The lowest BCUT2D eigenvalue weighted by Crippen LogP contribution is -2.41. The molecule has 6 atom stereocenters. The highest BCUT2D eigenvalue weighted by Gasteiger charge is 2.36. The average Bonchev–Trinajstić information content (AvgIpc) is 3.14. The van der Waals surface area contributed by atoms with Crippen molar-refractivity contribution in [2.24, 2.45) is 29.1 Å². The zero-order valence-corrected chi connectivity index (χ0v) is 37.8. The van der Waals surface area contributed by atoms with E-state index in [9.17, 15) is 14.7 Å². The number of hydrogen-bond donors (Lipinski definition) is 2. The highest BCUT2D eigenvalue weighted by molar-refractivity contribution is 5.79. The number of hydrogen-bond acceptors (Lipinski definition) is 6. The maximum Gasteiger partial charge on any atom is 0.179 e. The van der Waals surface area contributed by atoms with Crippen LogP contribution in [0.25, 0.3) is 0 Å². The lowest BCUT2D eigenvalue weighted by Gasteiger charge is -2.38. The van der Waals surface area contributed by atoms with E-state index in [1.54, 1.807) is 6.92 Å². The molecule has 1 saturated carbocycles. The minimum atomic E-state index is -0.259. The molecule has 0 heterocycles. The largest absolute Gasteiger partial charge is 0.494 e. The number of rotatable bonds is 13. The fourth-order valence-electron chi connectivity index (χ4n) is 4.35. The Bertz CT molecular complexity index is 862. The van der Waals surface area contributed by atoms with Gasteiger partial charge in [-0.1, -0.05) is 150 Å². The zero-order chi connectivity index (χ0) is 41.6. The van der Waals surface area contributed by atoms with E-state index in [1.807, 2.05) is 81.4 Å². The molecule has 1 aromatic rings. The van der Waals surface area contributed by atoms with E-state index >= 15 is 0 Å². The molecule has 6 nitrogen and oxygen atoms in total. The van der Waals surface area contributed by atoms with Gasteiger partial charge in [0, 0.05) is 5.92 Å². The Labute approximate surface area is 320 Å². The van der Waals surface area contributed by atoms with E-state index < -0.39 is 0 Å². The number of ketones is 1. The Kier molecular flexibility index (Phi) is 50.1. The number of carbonyl (C=O) groups is 2. The summed E-state index contributed by atoms with van der Waals surface area (Å²) in [5.74, 6) is 4.07.